The number of rotatable bonds is 5. The first kappa shape index (κ1) is 19.0. The molecule has 0 atom stereocenters. The molecule has 0 saturated heterocycles. The summed E-state index contributed by atoms with van der Waals surface area (Å²) in [4.78, 5) is 15.0. The van der Waals surface area contributed by atoms with E-state index >= 15 is 0 Å². The number of carbonyl (C=O) groups excluding carboxylic acids is 1. The molecule has 1 aromatic carbocycles. The van der Waals surface area contributed by atoms with E-state index in [1.165, 1.54) is 52.7 Å². The molecule has 1 heterocycles. The lowest BCUT2D eigenvalue weighted by molar-refractivity contribution is 0.257. The molecular formula is C22H29N5OS. The summed E-state index contributed by atoms with van der Waals surface area (Å²) in [6.45, 7) is 0. The first-order chi connectivity index (χ1) is 14.0. The van der Waals surface area contributed by atoms with Gasteiger partial charge in [0.15, 0.2) is 0 Å². The van der Waals surface area contributed by atoms with Gasteiger partial charge in [0.25, 0.3) is 0 Å². The smallest absolute Gasteiger partial charge is 0.307 e. The van der Waals surface area contributed by atoms with E-state index in [2.05, 4.69) is 46.3 Å². The maximum absolute atomic E-state index is 12.7. The van der Waals surface area contributed by atoms with Crippen molar-refractivity contribution in [3.05, 3.63) is 40.1 Å². The van der Waals surface area contributed by atoms with E-state index in [1.54, 1.807) is 0 Å². The number of hydrogen-bond donors (Lipinski definition) is 2. The molecule has 6 nitrogen and oxygen atoms in total. The normalized spacial score (nSPS) is 18.6. The Morgan fingerprint density at radius 3 is 2.34 bits per heavy atom. The Labute approximate surface area is 176 Å². The molecule has 3 aliphatic carbocycles. The van der Waals surface area contributed by atoms with Gasteiger partial charge in [0.1, 0.15) is 5.03 Å². The number of fused-ring (bicyclic) bond motifs is 2. The number of hydrogen-bond acceptors (Lipinski definition) is 4. The number of anilines is 1. The molecule has 7 heteroatoms. The molecular weight excluding hydrogens is 382 g/mol. The first-order valence-corrected chi connectivity index (χ1v) is 11.4. The Morgan fingerprint density at radius 1 is 1.10 bits per heavy atom. The fourth-order valence-electron chi connectivity index (χ4n) is 5.18. The summed E-state index contributed by atoms with van der Waals surface area (Å²) < 4.78 is 4.90. The van der Waals surface area contributed by atoms with Gasteiger partial charge < -0.3 is 5.32 Å². The van der Waals surface area contributed by atoms with Crippen molar-refractivity contribution in [1.82, 2.24) is 19.4 Å². The predicted octanol–water partition coefficient (Wildman–Crippen LogP) is 3.78. The van der Waals surface area contributed by atoms with E-state index in [0.717, 1.165) is 49.2 Å². The van der Waals surface area contributed by atoms with Crippen LogP contribution in [0.15, 0.2) is 17.2 Å². The molecule has 5 rings (SSSR count). The zero-order chi connectivity index (χ0) is 20.2. The molecule has 1 fully saturated rings. The lowest BCUT2D eigenvalue weighted by Crippen LogP contribution is -2.29. The highest BCUT2D eigenvalue weighted by Crippen LogP contribution is 2.50. The maximum atomic E-state index is 12.7. The Morgan fingerprint density at radius 2 is 1.76 bits per heavy atom. The van der Waals surface area contributed by atoms with E-state index in [4.69, 9.17) is 0 Å². The third-order valence-corrected chi connectivity index (χ3v) is 7.57. The van der Waals surface area contributed by atoms with Crippen LogP contribution in [0.2, 0.25) is 0 Å². The van der Waals surface area contributed by atoms with Gasteiger partial charge in [-0.25, -0.2) is 4.79 Å². The van der Waals surface area contributed by atoms with Crippen LogP contribution in [0, 0.1) is 0 Å². The quantitative estimate of drug-likeness (QED) is 0.735. The second-order valence-electron chi connectivity index (χ2n) is 8.81. The fourth-order valence-corrected chi connectivity index (χ4v) is 5.76. The second kappa shape index (κ2) is 7.06. The average Bonchev–Trinajstić information content (AvgIpc) is 3.03. The van der Waals surface area contributed by atoms with Crippen LogP contribution in [-0.2, 0) is 38.3 Å². The Hall–Kier alpha value is -1.99. The van der Waals surface area contributed by atoms with E-state index in [9.17, 15) is 4.79 Å². The Bertz CT molecular complexity index is 944. The van der Waals surface area contributed by atoms with Crippen molar-refractivity contribution in [2.24, 2.45) is 7.05 Å². The third-order valence-electron chi connectivity index (χ3n) is 6.87. The van der Waals surface area contributed by atoms with Gasteiger partial charge in [-0.2, -0.15) is 5.10 Å². The molecule has 3 aliphatic rings. The largest absolute Gasteiger partial charge is 0.329 e. The molecule has 0 bridgehead atoms. The summed E-state index contributed by atoms with van der Waals surface area (Å²) in [6, 6.07) is 4.33. The molecule has 0 spiro atoms. The van der Waals surface area contributed by atoms with Crippen LogP contribution in [0.1, 0.15) is 53.6 Å². The maximum Gasteiger partial charge on any atom is 0.329 e. The average molecular weight is 412 g/mol. The van der Waals surface area contributed by atoms with Crippen LogP contribution in [0.25, 0.3) is 0 Å². The van der Waals surface area contributed by atoms with Gasteiger partial charge in [0.2, 0.25) is 0 Å². The number of carbonyl (C=O) groups is 1. The number of amides is 2. The number of nitrogens with one attached hydrogen (secondary N) is 2. The lowest BCUT2D eigenvalue weighted by Gasteiger charge is -2.23. The molecule has 0 aliphatic heterocycles. The van der Waals surface area contributed by atoms with Crippen LogP contribution in [-0.4, -0.2) is 34.8 Å². The van der Waals surface area contributed by atoms with Crippen LogP contribution in [0.3, 0.4) is 0 Å². The van der Waals surface area contributed by atoms with E-state index < -0.39 is 0 Å². The monoisotopic (exact) mass is 411 g/mol. The third kappa shape index (κ3) is 3.24. The molecule has 0 unspecified atom stereocenters. The summed E-state index contributed by atoms with van der Waals surface area (Å²) >= 11 is 1.29. The van der Waals surface area contributed by atoms with Crippen molar-refractivity contribution in [2.75, 3.05) is 19.4 Å². The van der Waals surface area contributed by atoms with Gasteiger partial charge in [0, 0.05) is 24.7 Å². The first-order valence-electron chi connectivity index (χ1n) is 10.6. The standard InChI is InChI=1S/C22H29N5OS/c1-26(2)22(10-11-22)18-13-19(24-27(18)3)29-25-21(28)23-20-16-8-4-6-14(16)12-15-7-5-9-17(15)20/h12-13H,4-11H2,1-3H3,(H2,23,25,28). The highest BCUT2D eigenvalue weighted by molar-refractivity contribution is 7.97. The number of aromatic nitrogens is 2. The van der Waals surface area contributed by atoms with Gasteiger partial charge >= 0.3 is 6.03 Å². The predicted molar refractivity (Wildman–Crippen MR) is 116 cm³/mol. The number of benzene rings is 1. The number of nitrogens with zero attached hydrogens (tertiary/aromatic N) is 3. The minimum absolute atomic E-state index is 0.105. The van der Waals surface area contributed by atoms with Gasteiger partial charge in [-0.05, 0) is 93.8 Å². The van der Waals surface area contributed by atoms with E-state index in [-0.39, 0.29) is 11.6 Å². The Balaban J connectivity index is 1.29. The highest BCUT2D eigenvalue weighted by Gasteiger charge is 2.48. The number of urea groups is 1. The highest BCUT2D eigenvalue weighted by atomic mass is 32.2. The summed E-state index contributed by atoms with van der Waals surface area (Å²) in [5.41, 5.74) is 7.97. The zero-order valence-electron chi connectivity index (χ0n) is 17.5. The molecule has 1 aromatic heterocycles. The van der Waals surface area contributed by atoms with Crippen LogP contribution >= 0.6 is 11.9 Å². The molecule has 1 saturated carbocycles. The minimum Gasteiger partial charge on any atom is -0.307 e. The van der Waals surface area contributed by atoms with Crippen molar-refractivity contribution in [1.29, 1.82) is 0 Å². The number of aryl methyl sites for hydroxylation is 3. The molecule has 2 amide bonds. The SMILES string of the molecule is CN(C)C1(c2cc(SNC(=O)Nc3c4c(cc5c3CCC5)CCC4)nn2C)CC1. The van der Waals surface area contributed by atoms with Gasteiger partial charge in [0.05, 0.1) is 11.2 Å². The zero-order valence-corrected chi connectivity index (χ0v) is 18.3. The molecule has 29 heavy (non-hydrogen) atoms. The molecule has 2 aromatic rings. The van der Waals surface area contributed by atoms with Gasteiger partial charge in [-0.15, -0.1) is 0 Å². The fraction of sp³-hybridized carbons (Fsp3) is 0.545. The van der Waals surface area contributed by atoms with E-state index in [1.807, 2.05) is 11.7 Å². The van der Waals surface area contributed by atoms with Crippen molar-refractivity contribution in [2.45, 2.75) is 61.9 Å². The van der Waals surface area contributed by atoms with Gasteiger partial charge in [-0.1, -0.05) is 6.07 Å². The molecule has 2 N–H and O–H groups in total. The topological polar surface area (TPSA) is 62.2 Å². The Kier molecular flexibility index (Phi) is 4.62. The second-order valence-corrected chi connectivity index (χ2v) is 9.64. The van der Waals surface area contributed by atoms with Crippen LogP contribution < -0.4 is 10.0 Å². The minimum atomic E-state index is -0.162. The van der Waals surface area contributed by atoms with E-state index in [0.29, 0.717) is 0 Å². The summed E-state index contributed by atoms with van der Waals surface area (Å²) in [6.07, 6.45) is 9.10. The lowest BCUT2D eigenvalue weighted by atomic mass is 9.99. The summed E-state index contributed by atoms with van der Waals surface area (Å²) in [7, 11) is 6.23. The van der Waals surface area contributed by atoms with Crippen molar-refractivity contribution in [3.63, 3.8) is 0 Å². The summed E-state index contributed by atoms with van der Waals surface area (Å²) in [5, 5.41) is 8.61. The molecule has 154 valence electrons. The van der Waals surface area contributed by atoms with Crippen molar-refractivity contribution in [3.8, 4) is 0 Å². The summed E-state index contributed by atoms with van der Waals surface area (Å²) in [5.74, 6) is 0. The van der Waals surface area contributed by atoms with Crippen molar-refractivity contribution >= 4 is 23.7 Å². The van der Waals surface area contributed by atoms with Crippen LogP contribution in [0.4, 0.5) is 10.5 Å². The van der Waals surface area contributed by atoms with Gasteiger partial charge in [-0.3, -0.25) is 14.3 Å². The van der Waals surface area contributed by atoms with Crippen LogP contribution in [0.5, 0.6) is 0 Å². The molecule has 0 radical (unpaired) electrons. The van der Waals surface area contributed by atoms with Crippen molar-refractivity contribution < 1.29 is 4.79 Å².